The highest BCUT2D eigenvalue weighted by Gasteiger charge is 2.35. The fourth-order valence-electron chi connectivity index (χ4n) is 4.57. The van der Waals surface area contributed by atoms with Gasteiger partial charge in [0.05, 0.1) is 34.7 Å². The third-order valence-electron chi connectivity index (χ3n) is 6.31. The topological polar surface area (TPSA) is 76.7 Å². The molecule has 2 heterocycles. The van der Waals surface area contributed by atoms with Gasteiger partial charge in [0.2, 0.25) is 5.91 Å². The molecule has 35 heavy (non-hydrogen) atoms. The van der Waals surface area contributed by atoms with Crippen molar-refractivity contribution in [2.45, 2.75) is 18.9 Å². The molecule has 1 unspecified atom stereocenters. The van der Waals surface area contributed by atoms with Crippen molar-refractivity contribution in [3.05, 3.63) is 101 Å². The minimum atomic E-state index is -0.902. The number of rotatable bonds is 6. The molecular weight excluding hydrogens is 486 g/mol. The van der Waals surface area contributed by atoms with Crippen LogP contribution in [-0.4, -0.2) is 20.4 Å². The first kappa shape index (κ1) is 23.1. The van der Waals surface area contributed by atoms with E-state index in [1.54, 1.807) is 30.7 Å². The number of aromatic nitrogens is 3. The van der Waals surface area contributed by atoms with Crippen LogP contribution in [0.1, 0.15) is 18.9 Å². The average Bonchev–Trinajstić information content (AvgIpc) is 3.44. The van der Waals surface area contributed by atoms with E-state index < -0.39 is 17.3 Å². The maximum absolute atomic E-state index is 14.5. The Kier molecular flexibility index (Phi) is 5.87. The van der Waals surface area contributed by atoms with E-state index in [0.717, 1.165) is 16.7 Å². The highest BCUT2D eigenvalue weighted by atomic mass is 35.5. The van der Waals surface area contributed by atoms with Gasteiger partial charge in [-0.3, -0.25) is 4.79 Å². The molecule has 3 aromatic carbocycles. The SMILES string of the molecule is CC(CC(N)=O)(c1ccc(Cl)cc1)n1cnc(-c2ccccc2)c1-c1c[nH]c2cc(Cl)c(F)cc12. The van der Waals surface area contributed by atoms with Crippen LogP contribution in [0, 0.1) is 5.82 Å². The Balaban J connectivity index is 1.84. The summed E-state index contributed by atoms with van der Waals surface area (Å²) in [4.78, 5) is 20.2. The predicted molar refractivity (Wildman–Crippen MR) is 138 cm³/mol. The Morgan fingerprint density at radius 3 is 2.51 bits per heavy atom. The number of primary amides is 1. The van der Waals surface area contributed by atoms with Gasteiger partial charge in [0.1, 0.15) is 5.82 Å². The lowest BCUT2D eigenvalue weighted by Gasteiger charge is -2.33. The van der Waals surface area contributed by atoms with E-state index in [4.69, 9.17) is 33.9 Å². The Hall–Kier alpha value is -3.61. The van der Waals surface area contributed by atoms with E-state index in [1.165, 1.54) is 6.07 Å². The number of amides is 1. The van der Waals surface area contributed by atoms with Gasteiger partial charge >= 0.3 is 0 Å². The van der Waals surface area contributed by atoms with Crippen molar-refractivity contribution >= 4 is 40.0 Å². The van der Waals surface area contributed by atoms with Gasteiger partial charge in [0.25, 0.3) is 0 Å². The molecule has 2 aromatic heterocycles. The van der Waals surface area contributed by atoms with Gasteiger partial charge in [-0.05, 0) is 36.8 Å². The molecule has 0 saturated carbocycles. The monoisotopic (exact) mass is 506 g/mol. The standard InChI is InChI=1S/C27H21Cl2FN4O/c1-27(13-24(31)35,17-7-9-18(28)10-8-17)34-15-33-25(16-5-3-2-4-6-16)26(34)20-14-32-23-12-21(29)22(30)11-19(20)23/h2-12,14-15,32H,13H2,1H3,(H2,31,35). The normalized spacial score (nSPS) is 13.1. The van der Waals surface area contributed by atoms with Crippen molar-refractivity contribution in [2.75, 3.05) is 0 Å². The number of fused-ring (bicyclic) bond motifs is 1. The molecule has 0 fully saturated rings. The van der Waals surface area contributed by atoms with Gasteiger partial charge in [-0.25, -0.2) is 9.37 Å². The second-order valence-electron chi connectivity index (χ2n) is 8.62. The lowest BCUT2D eigenvalue weighted by molar-refractivity contribution is -0.119. The van der Waals surface area contributed by atoms with Crippen LogP contribution in [0.15, 0.2) is 79.3 Å². The number of nitrogens with two attached hydrogens (primary N) is 1. The molecule has 0 saturated heterocycles. The summed E-state index contributed by atoms with van der Waals surface area (Å²) in [6.45, 7) is 1.92. The van der Waals surface area contributed by atoms with Gasteiger partial charge < -0.3 is 15.3 Å². The van der Waals surface area contributed by atoms with Gasteiger partial charge in [0.15, 0.2) is 0 Å². The third kappa shape index (κ3) is 4.09. The van der Waals surface area contributed by atoms with Crippen LogP contribution in [0.5, 0.6) is 0 Å². The number of hydrogen-bond acceptors (Lipinski definition) is 2. The van der Waals surface area contributed by atoms with E-state index in [0.29, 0.717) is 27.3 Å². The van der Waals surface area contributed by atoms with E-state index in [2.05, 4.69) is 4.98 Å². The fraction of sp³-hybridized carbons (Fsp3) is 0.111. The largest absolute Gasteiger partial charge is 0.370 e. The van der Waals surface area contributed by atoms with Crippen LogP contribution in [0.3, 0.4) is 0 Å². The molecular formula is C27H21Cl2FN4O. The molecule has 0 radical (unpaired) electrons. The summed E-state index contributed by atoms with van der Waals surface area (Å²) in [6, 6.07) is 19.9. The third-order valence-corrected chi connectivity index (χ3v) is 6.85. The van der Waals surface area contributed by atoms with Crippen LogP contribution in [0.2, 0.25) is 10.0 Å². The smallest absolute Gasteiger partial charge is 0.220 e. The zero-order chi connectivity index (χ0) is 24.7. The molecule has 0 aliphatic heterocycles. The highest BCUT2D eigenvalue weighted by molar-refractivity contribution is 6.31. The number of aromatic amines is 1. The van der Waals surface area contributed by atoms with Crippen molar-refractivity contribution in [3.63, 3.8) is 0 Å². The van der Waals surface area contributed by atoms with Crippen LogP contribution in [0.4, 0.5) is 4.39 Å². The zero-order valence-corrected chi connectivity index (χ0v) is 20.2. The molecule has 176 valence electrons. The minimum absolute atomic E-state index is 0.00870. The summed E-state index contributed by atoms with van der Waals surface area (Å²) in [7, 11) is 0. The Morgan fingerprint density at radius 2 is 1.83 bits per heavy atom. The molecule has 0 bridgehead atoms. The van der Waals surface area contributed by atoms with Gasteiger partial charge in [-0.15, -0.1) is 0 Å². The van der Waals surface area contributed by atoms with Crippen LogP contribution in [0.25, 0.3) is 33.4 Å². The van der Waals surface area contributed by atoms with Gasteiger partial charge in [0, 0.05) is 33.2 Å². The summed E-state index contributed by atoms with van der Waals surface area (Å²) < 4.78 is 16.5. The van der Waals surface area contributed by atoms with E-state index in [-0.39, 0.29) is 11.4 Å². The molecule has 0 aliphatic carbocycles. The molecule has 8 heteroatoms. The summed E-state index contributed by atoms with van der Waals surface area (Å²) in [5.41, 5.74) is 9.33. The summed E-state index contributed by atoms with van der Waals surface area (Å²) in [5, 5.41) is 1.25. The lowest BCUT2D eigenvalue weighted by Crippen LogP contribution is -2.36. The molecule has 5 rings (SSSR count). The first-order valence-electron chi connectivity index (χ1n) is 10.9. The summed E-state index contributed by atoms with van der Waals surface area (Å²) >= 11 is 12.2. The zero-order valence-electron chi connectivity index (χ0n) is 18.7. The average molecular weight is 507 g/mol. The molecule has 5 nitrogen and oxygen atoms in total. The number of halogens is 3. The number of imidazole rings is 1. The van der Waals surface area contributed by atoms with Gasteiger partial charge in [-0.2, -0.15) is 0 Å². The Labute approximate surface area is 211 Å². The molecule has 0 aliphatic rings. The summed E-state index contributed by atoms with van der Waals surface area (Å²) in [6.07, 6.45) is 3.50. The second-order valence-corrected chi connectivity index (χ2v) is 9.46. The number of carbonyl (C=O) groups excluding carboxylic acids is 1. The first-order valence-corrected chi connectivity index (χ1v) is 11.7. The van der Waals surface area contributed by atoms with Crippen molar-refractivity contribution in [1.29, 1.82) is 0 Å². The first-order chi connectivity index (χ1) is 16.8. The molecule has 1 atom stereocenters. The summed E-state index contributed by atoms with van der Waals surface area (Å²) in [5.74, 6) is -0.995. The number of hydrogen-bond donors (Lipinski definition) is 2. The second kappa shape index (κ2) is 8.87. The Bertz CT molecular complexity index is 1540. The quantitative estimate of drug-likeness (QED) is 0.266. The minimum Gasteiger partial charge on any atom is -0.370 e. The number of nitrogens with one attached hydrogen (secondary N) is 1. The highest BCUT2D eigenvalue weighted by Crippen LogP contribution is 2.42. The number of H-pyrrole nitrogens is 1. The lowest BCUT2D eigenvalue weighted by atomic mass is 9.87. The van der Waals surface area contributed by atoms with Crippen LogP contribution in [-0.2, 0) is 10.3 Å². The molecule has 1 amide bonds. The van der Waals surface area contributed by atoms with Crippen molar-refractivity contribution < 1.29 is 9.18 Å². The molecule has 0 spiro atoms. The number of nitrogens with zero attached hydrogens (tertiary/aromatic N) is 2. The molecule has 3 N–H and O–H groups in total. The van der Waals surface area contributed by atoms with Crippen LogP contribution >= 0.6 is 23.2 Å². The van der Waals surface area contributed by atoms with Crippen LogP contribution < -0.4 is 5.73 Å². The van der Waals surface area contributed by atoms with E-state index in [9.17, 15) is 9.18 Å². The fourth-order valence-corrected chi connectivity index (χ4v) is 4.86. The number of carbonyl (C=O) groups is 1. The van der Waals surface area contributed by atoms with Crippen molar-refractivity contribution in [3.8, 4) is 22.5 Å². The molecule has 5 aromatic rings. The van der Waals surface area contributed by atoms with Crippen molar-refractivity contribution in [2.24, 2.45) is 5.73 Å². The van der Waals surface area contributed by atoms with Gasteiger partial charge in [-0.1, -0.05) is 65.7 Å². The number of benzene rings is 3. The Morgan fingerprint density at radius 1 is 1.11 bits per heavy atom. The van der Waals surface area contributed by atoms with Crippen molar-refractivity contribution in [1.82, 2.24) is 14.5 Å². The maximum atomic E-state index is 14.5. The maximum Gasteiger partial charge on any atom is 0.220 e. The predicted octanol–water partition coefficient (Wildman–Crippen LogP) is 6.78. The van der Waals surface area contributed by atoms with E-state index in [1.807, 2.05) is 54.0 Å². The van der Waals surface area contributed by atoms with E-state index >= 15 is 0 Å².